The zero-order chi connectivity index (χ0) is 18.7. The van der Waals surface area contributed by atoms with Gasteiger partial charge < -0.3 is 10.2 Å². The predicted molar refractivity (Wildman–Crippen MR) is 95.8 cm³/mol. The quantitative estimate of drug-likeness (QED) is 0.806. The van der Waals surface area contributed by atoms with E-state index in [4.69, 9.17) is 0 Å². The molecule has 4 nitrogen and oxygen atoms in total. The molecule has 0 radical (unpaired) electrons. The highest BCUT2D eigenvalue weighted by Gasteiger charge is 2.32. The van der Waals surface area contributed by atoms with Crippen LogP contribution in [0, 0.1) is 0 Å². The van der Waals surface area contributed by atoms with Gasteiger partial charge in [0.1, 0.15) is 5.69 Å². The molecule has 1 aliphatic heterocycles. The summed E-state index contributed by atoms with van der Waals surface area (Å²) in [4.78, 5) is 17.6. The van der Waals surface area contributed by atoms with E-state index in [2.05, 4.69) is 26.2 Å². The molecule has 1 aliphatic rings. The van der Waals surface area contributed by atoms with Crippen molar-refractivity contribution in [2.45, 2.75) is 25.1 Å². The van der Waals surface area contributed by atoms with Gasteiger partial charge in [0.2, 0.25) is 5.91 Å². The van der Waals surface area contributed by atoms with Crippen molar-refractivity contribution < 1.29 is 18.0 Å². The minimum Gasteiger partial charge on any atom is -0.368 e. The fraction of sp³-hybridized carbons (Fsp3) is 0.333. The van der Waals surface area contributed by atoms with Gasteiger partial charge in [-0.2, -0.15) is 13.2 Å². The van der Waals surface area contributed by atoms with Crippen molar-refractivity contribution >= 4 is 27.5 Å². The molecule has 1 N–H and O–H groups in total. The molecule has 8 heteroatoms. The zero-order valence-electron chi connectivity index (χ0n) is 13.8. The standard InChI is InChI=1S/C18H17BrF3N3O/c19-13-3-1-12(2-4-13)9-17(26)24-14-7-8-25(11-14)15-5-6-16(23-10-15)18(20,21)22/h1-6,10,14H,7-9,11H2,(H,24,26)/t14-/m1/s1. The van der Waals surface area contributed by atoms with Crippen LogP contribution in [0.4, 0.5) is 18.9 Å². The monoisotopic (exact) mass is 427 g/mol. The van der Waals surface area contributed by atoms with Gasteiger partial charge in [0.25, 0.3) is 0 Å². The molecular weight excluding hydrogens is 411 g/mol. The Morgan fingerprint density at radius 3 is 2.58 bits per heavy atom. The summed E-state index contributed by atoms with van der Waals surface area (Å²) in [5, 5.41) is 2.98. The lowest BCUT2D eigenvalue weighted by molar-refractivity contribution is -0.141. The van der Waals surface area contributed by atoms with Gasteiger partial charge in [-0.3, -0.25) is 4.79 Å². The second-order valence-corrected chi connectivity index (χ2v) is 7.12. The van der Waals surface area contributed by atoms with Crippen molar-refractivity contribution in [2.24, 2.45) is 0 Å². The number of benzene rings is 1. The first-order valence-electron chi connectivity index (χ1n) is 8.13. The molecule has 1 aromatic carbocycles. The van der Waals surface area contributed by atoms with E-state index >= 15 is 0 Å². The van der Waals surface area contributed by atoms with Crippen LogP contribution >= 0.6 is 15.9 Å². The van der Waals surface area contributed by atoms with E-state index in [1.54, 1.807) is 0 Å². The third kappa shape index (κ3) is 4.75. The molecule has 1 fully saturated rings. The van der Waals surface area contributed by atoms with Crippen molar-refractivity contribution in [3.8, 4) is 0 Å². The Morgan fingerprint density at radius 2 is 1.96 bits per heavy atom. The largest absolute Gasteiger partial charge is 0.433 e. The van der Waals surface area contributed by atoms with Gasteiger partial charge in [0.05, 0.1) is 18.3 Å². The van der Waals surface area contributed by atoms with E-state index in [-0.39, 0.29) is 11.9 Å². The third-order valence-electron chi connectivity index (χ3n) is 4.23. The summed E-state index contributed by atoms with van der Waals surface area (Å²) >= 11 is 3.35. The maximum absolute atomic E-state index is 12.6. The number of pyridine rings is 1. The highest BCUT2D eigenvalue weighted by Crippen LogP contribution is 2.29. The molecule has 1 saturated heterocycles. The summed E-state index contributed by atoms with van der Waals surface area (Å²) in [6.07, 6.45) is -2.17. The number of halogens is 4. The lowest BCUT2D eigenvalue weighted by Gasteiger charge is -2.19. The van der Waals surface area contributed by atoms with Crippen LogP contribution in [0.15, 0.2) is 47.1 Å². The van der Waals surface area contributed by atoms with Gasteiger partial charge in [0, 0.05) is 23.6 Å². The molecule has 0 bridgehead atoms. The van der Waals surface area contributed by atoms with Gasteiger partial charge in [0.15, 0.2) is 0 Å². The van der Waals surface area contributed by atoms with Crippen LogP contribution < -0.4 is 10.2 Å². The van der Waals surface area contributed by atoms with Crippen molar-refractivity contribution in [3.05, 3.63) is 58.3 Å². The summed E-state index contributed by atoms with van der Waals surface area (Å²) in [6.45, 7) is 1.22. The first-order chi connectivity index (χ1) is 12.3. The minimum absolute atomic E-state index is 0.0276. The molecule has 0 spiro atoms. The van der Waals surface area contributed by atoms with Crippen molar-refractivity contribution in [2.75, 3.05) is 18.0 Å². The molecule has 26 heavy (non-hydrogen) atoms. The average Bonchev–Trinajstić information content (AvgIpc) is 3.04. The van der Waals surface area contributed by atoms with Gasteiger partial charge in [-0.05, 0) is 36.2 Å². The zero-order valence-corrected chi connectivity index (χ0v) is 15.3. The Morgan fingerprint density at radius 1 is 1.23 bits per heavy atom. The maximum atomic E-state index is 12.6. The molecule has 138 valence electrons. The third-order valence-corrected chi connectivity index (χ3v) is 4.76. The second-order valence-electron chi connectivity index (χ2n) is 6.20. The van der Waals surface area contributed by atoms with Crippen molar-refractivity contribution in [1.82, 2.24) is 10.3 Å². The maximum Gasteiger partial charge on any atom is 0.433 e. The lowest BCUT2D eigenvalue weighted by Crippen LogP contribution is -2.38. The van der Waals surface area contributed by atoms with Crippen LogP contribution in [0.2, 0.25) is 0 Å². The molecule has 1 amide bonds. The molecule has 0 unspecified atom stereocenters. The van der Waals surface area contributed by atoms with Crippen LogP contribution in [-0.4, -0.2) is 30.0 Å². The number of hydrogen-bond donors (Lipinski definition) is 1. The van der Waals surface area contributed by atoms with Crippen molar-refractivity contribution in [3.63, 3.8) is 0 Å². The van der Waals surface area contributed by atoms with E-state index in [9.17, 15) is 18.0 Å². The van der Waals surface area contributed by atoms with Gasteiger partial charge >= 0.3 is 6.18 Å². The van der Waals surface area contributed by atoms with Crippen LogP contribution in [0.3, 0.4) is 0 Å². The number of nitrogens with one attached hydrogen (secondary N) is 1. The number of hydrogen-bond acceptors (Lipinski definition) is 3. The normalized spacial score (nSPS) is 17.4. The number of carbonyl (C=O) groups excluding carboxylic acids is 1. The number of rotatable bonds is 4. The van der Waals surface area contributed by atoms with Crippen LogP contribution in [0.1, 0.15) is 17.7 Å². The average molecular weight is 428 g/mol. The van der Waals surface area contributed by atoms with Gasteiger partial charge in [-0.15, -0.1) is 0 Å². The fourth-order valence-corrected chi connectivity index (χ4v) is 3.18. The van der Waals surface area contributed by atoms with E-state index in [0.717, 1.165) is 22.5 Å². The molecule has 1 aromatic heterocycles. The number of anilines is 1. The Bertz CT molecular complexity index is 763. The Hall–Kier alpha value is -2.09. The van der Waals surface area contributed by atoms with E-state index < -0.39 is 11.9 Å². The molecular formula is C18H17BrF3N3O. The number of amides is 1. The highest BCUT2D eigenvalue weighted by molar-refractivity contribution is 9.10. The number of nitrogens with zero attached hydrogens (tertiary/aromatic N) is 2. The molecule has 3 rings (SSSR count). The van der Waals surface area contributed by atoms with Crippen molar-refractivity contribution in [1.29, 1.82) is 0 Å². The smallest absolute Gasteiger partial charge is 0.368 e. The van der Waals surface area contributed by atoms with E-state index in [1.807, 2.05) is 29.2 Å². The summed E-state index contributed by atoms with van der Waals surface area (Å²) in [5.41, 5.74) is 0.648. The molecule has 1 atom stereocenters. The lowest BCUT2D eigenvalue weighted by atomic mass is 10.1. The van der Waals surface area contributed by atoms with Gasteiger partial charge in [-0.1, -0.05) is 28.1 Å². The SMILES string of the molecule is O=C(Cc1ccc(Br)cc1)N[C@@H]1CCN(c2ccc(C(F)(F)F)nc2)C1. The van der Waals surface area contributed by atoms with Crippen LogP contribution in [-0.2, 0) is 17.4 Å². The number of alkyl halides is 3. The fourth-order valence-electron chi connectivity index (χ4n) is 2.92. The summed E-state index contributed by atoms with van der Waals surface area (Å²) in [6, 6.07) is 9.92. The topological polar surface area (TPSA) is 45.2 Å². The molecule has 2 heterocycles. The summed E-state index contributed by atoms with van der Waals surface area (Å²) < 4.78 is 38.7. The van der Waals surface area contributed by atoms with E-state index in [1.165, 1.54) is 12.3 Å². The number of carbonyl (C=O) groups is 1. The first kappa shape index (κ1) is 18.7. The highest BCUT2D eigenvalue weighted by atomic mass is 79.9. The second kappa shape index (κ2) is 7.65. The number of aromatic nitrogens is 1. The Kier molecular flexibility index (Phi) is 5.50. The molecule has 0 aliphatic carbocycles. The Labute approximate surface area is 157 Å². The Balaban J connectivity index is 1.53. The summed E-state index contributed by atoms with van der Waals surface area (Å²) in [5.74, 6) is -0.0651. The molecule has 2 aromatic rings. The summed E-state index contributed by atoms with van der Waals surface area (Å²) in [7, 11) is 0. The van der Waals surface area contributed by atoms with Crippen LogP contribution in [0.25, 0.3) is 0 Å². The predicted octanol–water partition coefficient (Wildman–Crippen LogP) is 3.80. The van der Waals surface area contributed by atoms with E-state index in [0.29, 0.717) is 25.2 Å². The van der Waals surface area contributed by atoms with Gasteiger partial charge in [-0.25, -0.2) is 4.98 Å². The minimum atomic E-state index is -4.44. The molecule has 0 saturated carbocycles. The first-order valence-corrected chi connectivity index (χ1v) is 8.92. The van der Waals surface area contributed by atoms with Crippen LogP contribution in [0.5, 0.6) is 0 Å².